The van der Waals surface area contributed by atoms with E-state index in [0.717, 1.165) is 12.0 Å². The molecule has 0 N–H and O–H groups in total. The maximum absolute atomic E-state index is 11.1. The van der Waals surface area contributed by atoms with E-state index in [4.69, 9.17) is 0 Å². The molecule has 0 unspecified atom stereocenters. The van der Waals surface area contributed by atoms with Gasteiger partial charge in [0.15, 0.2) is 0 Å². The standard InChI is InChI=1S/C11H13NO4/c1-3-8-4-5-9(7-11(13)16-2)10(6-8)12(14)15/h4-6H,3,7H2,1-2H3. The summed E-state index contributed by atoms with van der Waals surface area (Å²) in [6.07, 6.45) is 0.649. The third-order valence-corrected chi connectivity index (χ3v) is 2.32. The number of carbonyl (C=O) groups excluding carboxylic acids is 1. The lowest BCUT2D eigenvalue weighted by Gasteiger charge is -2.03. The number of nitro benzene ring substituents is 1. The van der Waals surface area contributed by atoms with E-state index in [1.807, 2.05) is 6.92 Å². The second kappa shape index (κ2) is 5.25. The quantitative estimate of drug-likeness (QED) is 0.444. The van der Waals surface area contributed by atoms with Gasteiger partial charge in [0.05, 0.1) is 18.5 Å². The summed E-state index contributed by atoms with van der Waals surface area (Å²) in [5.74, 6) is -0.479. The number of benzene rings is 1. The number of aryl methyl sites for hydroxylation is 1. The van der Waals surface area contributed by atoms with E-state index in [2.05, 4.69) is 4.74 Å². The van der Waals surface area contributed by atoms with Crippen LogP contribution in [-0.4, -0.2) is 18.0 Å². The minimum atomic E-state index is -0.479. The van der Waals surface area contributed by atoms with Crippen LogP contribution in [-0.2, 0) is 22.4 Å². The maximum Gasteiger partial charge on any atom is 0.310 e. The highest BCUT2D eigenvalue weighted by Crippen LogP contribution is 2.21. The van der Waals surface area contributed by atoms with Crippen molar-refractivity contribution >= 4 is 11.7 Å². The molecule has 0 bridgehead atoms. The van der Waals surface area contributed by atoms with Crippen molar-refractivity contribution in [2.75, 3.05) is 7.11 Å². The Morgan fingerprint density at radius 1 is 1.50 bits per heavy atom. The summed E-state index contributed by atoms with van der Waals surface area (Å²) in [5, 5.41) is 10.8. The number of carbonyl (C=O) groups is 1. The molecular formula is C11H13NO4. The van der Waals surface area contributed by atoms with E-state index < -0.39 is 10.9 Å². The van der Waals surface area contributed by atoms with E-state index in [-0.39, 0.29) is 12.1 Å². The van der Waals surface area contributed by atoms with E-state index >= 15 is 0 Å². The molecule has 5 heteroatoms. The molecule has 86 valence electrons. The molecule has 0 saturated carbocycles. The van der Waals surface area contributed by atoms with E-state index in [1.54, 1.807) is 12.1 Å². The zero-order valence-corrected chi connectivity index (χ0v) is 9.23. The average Bonchev–Trinajstić information content (AvgIpc) is 2.29. The van der Waals surface area contributed by atoms with Crippen LogP contribution >= 0.6 is 0 Å². The highest BCUT2D eigenvalue weighted by molar-refractivity contribution is 5.74. The summed E-state index contributed by atoms with van der Waals surface area (Å²) in [6.45, 7) is 1.92. The van der Waals surface area contributed by atoms with Crippen molar-refractivity contribution in [1.29, 1.82) is 0 Å². The van der Waals surface area contributed by atoms with Crippen molar-refractivity contribution in [3.63, 3.8) is 0 Å². The third-order valence-electron chi connectivity index (χ3n) is 2.32. The third kappa shape index (κ3) is 2.79. The van der Waals surface area contributed by atoms with E-state index in [9.17, 15) is 14.9 Å². The summed E-state index contributed by atoms with van der Waals surface area (Å²) < 4.78 is 4.48. The predicted molar refractivity (Wildman–Crippen MR) is 58.2 cm³/mol. The van der Waals surface area contributed by atoms with Gasteiger partial charge in [-0.25, -0.2) is 0 Å². The largest absolute Gasteiger partial charge is 0.469 e. The molecule has 0 aliphatic heterocycles. The highest BCUT2D eigenvalue weighted by atomic mass is 16.6. The molecule has 0 amide bonds. The molecule has 0 saturated heterocycles. The molecule has 0 heterocycles. The molecule has 0 radical (unpaired) electrons. The van der Waals surface area contributed by atoms with Crippen LogP contribution < -0.4 is 0 Å². The number of esters is 1. The van der Waals surface area contributed by atoms with Crippen molar-refractivity contribution in [1.82, 2.24) is 0 Å². The van der Waals surface area contributed by atoms with E-state index in [0.29, 0.717) is 5.56 Å². The summed E-state index contributed by atoms with van der Waals surface area (Å²) >= 11 is 0. The SMILES string of the molecule is CCc1ccc(CC(=O)OC)c([N+](=O)[O-])c1. The topological polar surface area (TPSA) is 69.4 Å². The lowest BCUT2D eigenvalue weighted by molar-refractivity contribution is -0.385. The normalized spacial score (nSPS) is 9.88. The summed E-state index contributed by atoms with van der Waals surface area (Å²) in [6, 6.07) is 4.89. The Morgan fingerprint density at radius 3 is 2.69 bits per heavy atom. The number of nitrogens with zero attached hydrogens (tertiary/aromatic N) is 1. The van der Waals surface area contributed by atoms with Gasteiger partial charge in [0.1, 0.15) is 0 Å². The number of ether oxygens (including phenoxy) is 1. The molecule has 1 aromatic rings. The van der Waals surface area contributed by atoms with Crippen LogP contribution in [0.15, 0.2) is 18.2 Å². The fraction of sp³-hybridized carbons (Fsp3) is 0.364. The van der Waals surface area contributed by atoms with Crippen molar-refractivity contribution in [2.24, 2.45) is 0 Å². The second-order valence-corrected chi connectivity index (χ2v) is 3.33. The first-order valence-corrected chi connectivity index (χ1v) is 4.91. The van der Waals surface area contributed by atoms with Gasteiger partial charge in [0, 0.05) is 11.6 Å². The van der Waals surface area contributed by atoms with Gasteiger partial charge in [-0.1, -0.05) is 19.1 Å². The minimum Gasteiger partial charge on any atom is -0.469 e. The number of hydrogen-bond donors (Lipinski definition) is 0. The molecule has 5 nitrogen and oxygen atoms in total. The Kier molecular flexibility index (Phi) is 3.99. The van der Waals surface area contributed by atoms with Gasteiger partial charge < -0.3 is 4.74 Å². The van der Waals surface area contributed by atoms with Gasteiger partial charge in [-0.15, -0.1) is 0 Å². The van der Waals surface area contributed by atoms with Crippen LogP contribution in [0.1, 0.15) is 18.1 Å². The fourth-order valence-corrected chi connectivity index (χ4v) is 1.38. The zero-order valence-electron chi connectivity index (χ0n) is 9.23. The van der Waals surface area contributed by atoms with Crippen LogP contribution in [0.25, 0.3) is 0 Å². The molecule has 1 rings (SSSR count). The Balaban J connectivity index is 3.08. The Labute approximate surface area is 93.2 Å². The van der Waals surface area contributed by atoms with Crippen LogP contribution in [0, 0.1) is 10.1 Å². The Bertz CT molecular complexity index is 414. The predicted octanol–water partition coefficient (Wildman–Crippen LogP) is 1.87. The zero-order chi connectivity index (χ0) is 12.1. The first-order chi connectivity index (χ1) is 7.58. The van der Waals surface area contributed by atoms with Crippen LogP contribution in [0.4, 0.5) is 5.69 Å². The lowest BCUT2D eigenvalue weighted by Crippen LogP contribution is -2.07. The maximum atomic E-state index is 11.1. The molecule has 0 fully saturated rings. The van der Waals surface area contributed by atoms with Crippen LogP contribution in [0.2, 0.25) is 0 Å². The first kappa shape index (κ1) is 12.2. The summed E-state index contributed by atoms with van der Waals surface area (Å²) in [5.41, 5.74) is 1.24. The molecule has 0 aliphatic carbocycles. The van der Waals surface area contributed by atoms with Gasteiger partial charge in [-0.05, 0) is 12.0 Å². The number of methoxy groups -OCH3 is 1. The minimum absolute atomic E-state index is 0.0234. The Hall–Kier alpha value is -1.91. The highest BCUT2D eigenvalue weighted by Gasteiger charge is 2.16. The van der Waals surface area contributed by atoms with Gasteiger partial charge in [0.25, 0.3) is 5.69 Å². The first-order valence-electron chi connectivity index (χ1n) is 4.91. The fourth-order valence-electron chi connectivity index (χ4n) is 1.38. The molecule has 16 heavy (non-hydrogen) atoms. The monoisotopic (exact) mass is 223 g/mol. The smallest absolute Gasteiger partial charge is 0.310 e. The molecular weight excluding hydrogens is 210 g/mol. The van der Waals surface area contributed by atoms with Gasteiger partial charge in [-0.2, -0.15) is 0 Å². The van der Waals surface area contributed by atoms with Crippen molar-refractivity contribution < 1.29 is 14.5 Å². The van der Waals surface area contributed by atoms with E-state index in [1.165, 1.54) is 13.2 Å². The molecule has 0 aliphatic rings. The number of rotatable bonds is 4. The average molecular weight is 223 g/mol. The van der Waals surface area contributed by atoms with Crippen molar-refractivity contribution in [2.45, 2.75) is 19.8 Å². The molecule has 1 aromatic carbocycles. The van der Waals surface area contributed by atoms with Crippen LogP contribution in [0.5, 0.6) is 0 Å². The number of hydrogen-bond acceptors (Lipinski definition) is 4. The van der Waals surface area contributed by atoms with Gasteiger partial charge in [0.2, 0.25) is 0 Å². The summed E-state index contributed by atoms with van der Waals surface area (Å²) in [7, 11) is 1.26. The molecule has 0 spiro atoms. The Morgan fingerprint density at radius 2 is 2.19 bits per heavy atom. The number of nitro groups is 1. The van der Waals surface area contributed by atoms with Crippen molar-refractivity contribution in [3.05, 3.63) is 39.4 Å². The molecule has 0 atom stereocenters. The van der Waals surface area contributed by atoms with Gasteiger partial charge in [-0.3, -0.25) is 14.9 Å². The van der Waals surface area contributed by atoms with Crippen LogP contribution in [0.3, 0.4) is 0 Å². The van der Waals surface area contributed by atoms with Gasteiger partial charge >= 0.3 is 5.97 Å². The lowest BCUT2D eigenvalue weighted by atomic mass is 10.1. The van der Waals surface area contributed by atoms with Crippen molar-refractivity contribution in [3.8, 4) is 0 Å². The molecule has 0 aromatic heterocycles. The summed E-state index contributed by atoms with van der Waals surface area (Å²) in [4.78, 5) is 21.4. The second-order valence-electron chi connectivity index (χ2n) is 3.33.